The van der Waals surface area contributed by atoms with Gasteiger partial charge in [0, 0.05) is 22.1 Å². The molecule has 0 radical (unpaired) electrons. The number of anilines is 4. The smallest absolute Gasteiger partial charge is 0.360 e. The van der Waals surface area contributed by atoms with Crippen molar-refractivity contribution in [1.29, 1.82) is 0 Å². The SMILES string of the molecule is c1ccc(B2N(c3ccccc3)c3cccc(-n4c5ccccc5c5ccccc54)c3N2c2ccccc2)cc1. The van der Waals surface area contributed by atoms with E-state index in [4.69, 9.17) is 0 Å². The summed E-state index contributed by atoms with van der Waals surface area (Å²) < 4.78 is 2.44. The number of fused-ring (bicyclic) bond motifs is 4. The van der Waals surface area contributed by atoms with Crippen LogP contribution in [0.2, 0.25) is 0 Å². The molecule has 0 aliphatic carbocycles. The molecule has 40 heavy (non-hydrogen) atoms. The lowest BCUT2D eigenvalue weighted by molar-refractivity contribution is 1.17. The van der Waals surface area contributed by atoms with Crippen molar-refractivity contribution >= 4 is 57.0 Å². The highest BCUT2D eigenvalue weighted by atomic mass is 15.3. The normalized spacial score (nSPS) is 12.8. The maximum atomic E-state index is 2.51. The van der Waals surface area contributed by atoms with E-state index >= 15 is 0 Å². The molecular weight excluding hydrogens is 485 g/mol. The third-order valence-corrected chi connectivity index (χ3v) is 7.97. The second-order valence-corrected chi connectivity index (χ2v) is 10.2. The van der Waals surface area contributed by atoms with Crippen molar-refractivity contribution < 1.29 is 0 Å². The Morgan fingerprint density at radius 2 is 0.850 bits per heavy atom. The molecule has 0 atom stereocenters. The fraction of sp³-hybridized carbons (Fsp3) is 0. The Balaban J connectivity index is 1.49. The Hall–Kier alpha value is -5.22. The van der Waals surface area contributed by atoms with Gasteiger partial charge in [0.1, 0.15) is 0 Å². The molecule has 0 fully saturated rings. The number of benzene rings is 6. The zero-order chi connectivity index (χ0) is 26.5. The van der Waals surface area contributed by atoms with E-state index in [9.17, 15) is 0 Å². The Bertz CT molecular complexity index is 1910. The molecule has 0 saturated carbocycles. The van der Waals surface area contributed by atoms with Gasteiger partial charge >= 0.3 is 6.98 Å². The first-order valence-corrected chi connectivity index (χ1v) is 13.8. The zero-order valence-electron chi connectivity index (χ0n) is 21.9. The van der Waals surface area contributed by atoms with Crippen molar-refractivity contribution in [2.75, 3.05) is 9.62 Å². The predicted octanol–water partition coefficient (Wildman–Crippen LogP) is 8.47. The average molecular weight is 511 g/mol. The molecule has 8 rings (SSSR count). The fourth-order valence-corrected chi connectivity index (χ4v) is 6.34. The molecular formula is C36H26BN3. The van der Waals surface area contributed by atoms with E-state index in [1.807, 2.05) is 0 Å². The van der Waals surface area contributed by atoms with Crippen molar-refractivity contribution in [2.45, 2.75) is 0 Å². The minimum Gasteiger partial charge on any atom is -0.360 e. The van der Waals surface area contributed by atoms with Gasteiger partial charge in [-0.05, 0) is 54.0 Å². The molecule has 0 bridgehead atoms. The molecule has 1 aliphatic rings. The maximum absolute atomic E-state index is 2.51. The Morgan fingerprint density at radius 3 is 1.45 bits per heavy atom. The summed E-state index contributed by atoms with van der Waals surface area (Å²) in [4.78, 5) is 4.99. The monoisotopic (exact) mass is 511 g/mol. The van der Waals surface area contributed by atoms with Gasteiger partial charge in [-0.15, -0.1) is 0 Å². The summed E-state index contributed by atoms with van der Waals surface area (Å²) in [5, 5.41) is 2.53. The zero-order valence-corrected chi connectivity index (χ0v) is 21.9. The number of rotatable bonds is 4. The van der Waals surface area contributed by atoms with Gasteiger partial charge in [0.05, 0.1) is 28.1 Å². The van der Waals surface area contributed by atoms with Gasteiger partial charge in [0.15, 0.2) is 0 Å². The van der Waals surface area contributed by atoms with Crippen molar-refractivity contribution in [3.63, 3.8) is 0 Å². The lowest BCUT2D eigenvalue weighted by atomic mass is 9.64. The standard InChI is InChI=1S/C36H26BN3/c1-4-15-27(16-5-1)37-39(28-17-6-2-7-18-28)35-26-14-25-34(36(35)40(37)29-19-8-3-9-20-29)38-32-23-12-10-21-30(32)31-22-11-13-24-33(31)38/h1-26H. The first-order valence-electron chi connectivity index (χ1n) is 13.8. The van der Waals surface area contributed by atoms with E-state index in [1.54, 1.807) is 0 Å². The van der Waals surface area contributed by atoms with E-state index in [0.29, 0.717) is 0 Å². The van der Waals surface area contributed by atoms with Gasteiger partial charge in [0.25, 0.3) is 0 Å². The lowest BCUT2D eigenvalue weighted by Gasteiger charge is -2.30. The van der Waals surface area contributed by atoms with E-state index in [-0.39, 0.29) is 6.98 Å². The molecule has 0 amide bonds. The van der Waals surface area contributed by atoms with Crippen molar-refractivity contribution in [1.82, 2.24) is 4.57 Å². The van der Waals surface area contributed by atoms with Gasteiger partial charge in [-0.25, -0.2) is 0 Å². The molecule has 188 valence electrons. The second kappa shape index (κ2) is 9.21. The number of nitrogens with zero attached hydrogens (tertiary/aromatic N) is 3. The molecule has 7 aromatic rings. The van der Waals surface area contributed by atoms with E-state index < -0.39 is 0 Å². The van der Waals surface area contributed by atoms with E-state index in [2.05, 4.69) is 172 Å². The van der Waals surface area contributed by atoms with Crippen molar-refractivity contribution in [2.24, 2.45) is 0 Å². The molecule has 4 heteroatoms. The van der Waals surface area contributed by atoms with Crippen LogP contribution in [0.25, 0.3) is 27.5 Å². The van der Waals surface area contributed by atoms with E-state index in [0.717, 1.165) is 17.1 Å². The minimum absolute atomic E-state index is 0.0600. The van der Waals surface area contributed by atoms with Crippen LogP contribution in [-0.4, -0.2) is 11.5 Å². The van der Waals surface area contributed by atoms with Crippen LogP contribution in [0.15, 0.2) is 158 Å². The van der Waals surface area contributed by atoms with Crippen molar-refractivity contribution in [3.8, 4) is 5.69 Å². The maximum Gasteiger partial charge on any atom is 0.420 e. The first-order chi connectivity index (χ1) is 19.9. The fourth-order valence-electron chi connectivity index (χ4n) is 6.34. The first kappa shape index (κ1) is 22.7. The number of aromatic nitrogens is 1. The molecule has 1 aromatic heterocycles. The topological polar surface area (TPSA) is 11.4 Å². The summed E-state index contributed by atoms with van der Waals surface area (Å²) in [5.74, 6) is 0. The molecule has 3 nitrogen and oxygen atoms in total. The quantitative estimate of drug-likeness (QED) is 0.220. The van der Waals surface area contributed by atoms with Gasteiger partial charge in [-0.2, -0.15) is 0 Å². The highest BCUT2D eigenvalue weighted by Crippen LogP contribution is 2.50. The summed E-state index contributed by atoms with van der Waals surface area (Å²) in [5.41, 5.74) is 9.51. The highest BCUT2D eigenvalue weighted by Gasteiger charge is 2.45. The second-order valence-electron chi connectivity index (χ2n) is 10.2. The molecule has 0 spiro atoms. The molecule has 0 N–H and O–H groups in total. The van der Waals surface area contributed by atoms with E-state index in [1.165, 1.54) is 38.6 Å². The summed E-state index contributed by atoms with van der Waals surface area (Å²) >= 11 is 0. The van der Waals surface area contributed by atoms with Crippen LogP contribution >= 0.6 is 0 Å². The minimum atomic E-state index is -0.0600. The molecule has 2 heterocycles. The summed E-state index contributed by atoms with van der Waals surface area (Å²) in [6.07, 6.45) is 0. The Morgan fingerprint density at radius 1 is 0.375 bits per heavy atom. The summed E-state index contributed by atoms with van der Waals surface area (Å²) in [6.45, 7) is -0.0600. The van der Waals surface area contributed by atoms with Crippen LogP contribution < -0.4 is 15.1 Å². The molecule has 0 saturated heterocycles. The summed E-state index contributed by atoms with van der Waals surface area (Å²) in [6, 6.07) is 56.6. The van der Waals surface area contributed by atoms with Gasteiger partial charge in [-0.3, -0.25) is 0 Å². The van der Waals surface area contributed by atoms with Gasteiger partial charge in [-0.1, -0.05) is 109 Å². The van der Waals surface area contributed by atoms with Crippen LogP contribution in [0.3, 0.4) is 0 Å². The average Bonchev–Trinajstić information content (AvgIpc) is 3.56. The largest absolute Gasteiger partial charge is 0.420 e. The Labute approximate surface area is 234 Å². The van der Waals surface area contributed by atoms with Gasteiger partial charge < -0.3 is 14.2 Å². The van der Waals surface area contributed by atoms with Crippen LogP contribution in [0, 0.1) is 0 Å². The lowest BCUT2D eigenvalue weighted by Crippen LogP contribution is -2.53. The van der Waals surface area contributed by atoms with Crippen LogP contribution in [-0.2, 0) is 0 Å². The molecule has 6 aromatic carbocycles. The molecule has 0 unspecified atom stereocenters. The number of hydrogen-bond donors (Lipinski definition) is 0. The van der Waals surface area contributed by atoms with Gasteiger partial charge in [0.2, 0.25) is 0 Å². The van der Waals surface area contributed by atoms with Crippen LogP contribution in [0.1, 0.15) is 0 Å². The third-order valence-electron chi connectivity index (χ3n) is 7.97. The number of para-hydroxylation sites is 5. The van der Waals surface area contributed by atoms with Crippen LogP contribution in [0.4, 0.5) is 22.7 Å². The predicted molar refractivity (Wildman–Crippen MR) is 170 cm³/mol. The van der Waals surface area contributed by atoms with Crippen molar-refractivity contribution in [3.05, 3.63) is 158 Å². The third kappa shape index (κ3) is 3.39. The van der Waals surface area contributed by atoms with Crippen LogP contribution in [0.5, 0.6) is 0 Å². The summed E-state index contributed by atoms with van der Waals surface area (Å²) in [7, 11) is 0. The highest BCUT2D eigenvalue weighted by molar-refractivity contribution is 6.84. The molecule has 1 aliphatic heterocycles. The Kier molecular flexibility index (Phi) is 5.24. The number of hydrogen-bond acceptors (Lipinski definition) is 2.